The third-order valence-electron chi connectivity index (χ3n) is 5.02. The minimum absolute atomic E-state index is 0.193. The number of benzene rings is 2. The third kappa shape index (κ3) is 4.40. The molecule has 0 atom stereocenters. The number of aryl methyl sites for hydroxylation is 1. The third-order valence-corrected chi connectivity index (χ3v) is 5.02. The minimum Gasteiger partial charge on any atom is -0.496 e. The van der Waals surface area contributed by atoms with Crippen LogP contribution in [0.15, 0.2) is 36.4 Å². The average Bonchev–Trinajstić information content (AvgIpc) is 2.74. The highest BCUT2D eigenvalue weighted by atomic mass is 19.4. The molecule has 0 aromatic heterocycles. The van der Waals surface area contributed by atoms with Gasteiger partial charge in [-0.2, -0.15) is 26.3 Å². The average molecular weight is 465 g/mol. The summed E-state index contributed by atoms with van der Waals surface area (Å²) >= 11 is 0. The van der Waals surface area contributed by atoms with E-state index < -0.39 is 29.4 Å². The molecule has 0 aliphatic carbocycles. The van der Waals surface area contributed by atoms with Crippen molar-refractivity contribution in [2.45, 2.75) is 31.3 Å². The molecule has 32 heavy (non-hydrogen) atoms. The Hall–Kier alpha value is -2.79. The number of hydrogen-bond donors (Lipinski definition) is 1. The van der Waals surface area contributed by atoms with Crippen LogP contribution in [-0.4, -0.2) is 49.7 Å². The van der Waals surface area contributed by atoms with Gasteiger partial charge in [-0.15, -0.1) is 0 Å². The normalized spacial score (nSPS) is 12.6. The standard InChI is InChI=1S/C21H21F6NO4/c1-5-12-10-13(18(29)28(2)32-4)6-8-15(12)16-9-7-14(11-17(16)31-3)19(30,20(22,23)24)21(25,26)27/h6-11,30H,5H2,1-4H3. The molecule has 0 bridgehead atoms. The molecule has 2 aromatic carbocycles. The van der Waals surface area contributed by atoms with E-state index in [1.807, 2.05) is 0 Å². The van der Waals surface area contributed by atoms with Crippen LogP contribution >= 0.6 is 0 Å². The summed E-state index contributed by atoms with van der Waals surface area (Å²) in [6.07, 6.45) is -11.6. The lowest BCUT2D eigenvalue weighted by molar-refractivity contribution is -0.376. The van der Waals surface area contributed by atoms with Crippen LogP contribution in [0.3, 0.4) is 0 Å². The summed E-state index contributed by atoms with van der Waals surface area (Å²) < 4.78 is 84.4. The summed E-state index contributed by atoms with van der Waals surface area (Å²) in [5, 5.41) is 10.7. The predicted molar refractivity (Wildman–Crippen MR) is 103 cm³/mol. The van der Waals surface area contributed by atoms with Gasteiger partial charge in [0.2, 0.25) is 0 Å². The lowest BCUT2D eigenvalue weighted by atomic mass is 9.88. The fraction of sp³-hybridized carbons (Fsp3) is 0.381. The number of rotatable bonds is 6. The van der Waals surface area contributed by atoms with E-state index in [-0.39, 0.29) is 16.9 Å². The number of carbonyl (C=O) groups is 1. The monoisotopic (exact) mass is 465 g/mol. The summed E-state index contributed by atoms with van der Waals surface area (Å²) in [7, 11) is 3.80. The van der Waals surface area contributed by atoms with Gasteiger partial charge in [0, 0.05) is 23.7 Å². The number of hydrogen-bond acceptors (Lipinski definition) is 4. The van der Waals surface area contributed by atoms with Crippen LogP contribution in [0, 0.1) is 0 Å². The van der Waals surface area contributed by atoms with E-state index in [0.29, 0.717) is 29.7 Å². The van der Waals surface area contributed by atoms with Crippen LogP contribution in [0.4, 0.5) is 26.3 Å². The fourth-order valence-corrected chi connectivity index (χ4v) is 3.17. The molecule has 0 aliphatic rings. The summed E-state index contributed by atoms with van der Waals surface area (Å²) in [6, 6.07) is 6.56. The zero-order valence-electron chi connectivity index (χ0n) is 17.6. The van der Waals surface area contributed by atoms with E-state index in [1.54, 1.807) is 13.0 Å². The van der Waals surface area contributed by atoms with Gasteiger partial charge in [-0.1, -0.05) is 25.1 Å². The molecular weight excluding hydrogens is 444 g/mol. The van der Waals surface area contributed by atoms with Crippen LogP contribution < -0.4 is 4.74 Å². The molecule has 0 unspecified atom stereocenters. The molecule has 2 aromatic rings. The van der Waals surface area contributed by atoms with Gasteiger partial charge in [0.15, 0.2) is 0 Å². The molecule has 0 aliphatic heterocycles. The fourth-order valence-electron chi connectivity index (χ4n) is 3.17. The number of methoxy groups -OCH3 is 1. The molecule has 0 heterocycles. The van der Waals surface area contributed by atoms with E-state index in [4.69, 9.17) is 9.57 Å². The van der Waals surface area contributed by atoms with Crippen molar-refractivity contribution >= 4 is 5.91 Å². The molecule has 0 fully saturated rings. The molecule has 1 N–H and O–H groups in total. The Morgan fingerprint density at radius 1 is 0.969 bits per heavy atom. The van der Waals surface area contributed by atoms with Gasteiger partial charge < -0.3 is 9.84 Å². The maximum atomic E-state index is 13.2. The Morgan fingerprint density at radius 2 is 1.53 bits per heavy atom. The van der Waals surface area contributed by atoms with E-state index in [0.717, 1.165) is 18.2 Å². The van der Waals surface area contributed by atoms with Crippen molar-refractivity contribution in [1.82, 2.24) is 5.06 Å². The molecule has 0 spiro atoms. The summed E-state index contributed by atoms with van der Waals surface area (Å²) in [4.78, 5) is 17.1. The second kappa shape index (κ2) is 8.99. The molecule has 5 nitrogen and oxygen atoms in total. The molecule has 0 radical (unpaired) electrons. The van der Waals surface area contributed by atoms with E-state index in [9.17, 15) is 36.2 Å². The summed E-state index contributed by atoms with van der Waals surface area (Å²) in [5.74, 6) is -0.756. The second-order valence-electron chi connectivity index (χ2n) is 6.83. The molecule has 0 saturated carbocycles. The van der Waals surface area contributed by atoms with Gasteiger partial charge in [-0.3, -0.25) is 9.63 Å². The summed E-state index contributed by atoms with van der Waals surface area (Å²) in [6.45, 7) is 1.76. The molecule has 176 valence electrons. The van der Waals surface area contributed by atoms with Gasteiger partial charge in [0.25, 0.3) is 11.5 Å². The maximum absolute atomic E-state index is 13.2. The Balaban J connectivity index is 2.65. The predicted octanol–water partition coefficient (Wildman–Crippen LogP) is 4.87. The first-order chi connectivity index (χ1) is 14.7. The topological polar surface area (TPSA) is 59.0 Å². The van der Waals surface area contributed by atoms with E-state index in [2.05, 4.69) is 0 Å². The highest BCUT2D eigenvalue weighted by molar-refractivity contribution is 5.94. The zero-order valence-corrected chi connectivity index (χ0v) is 17.6. The van der Waals surface area contributed by atoms with Crippen molar-refractivity contribution in [3.8, 4) is 16.9 Å². The van der Waals surface area contributed by atoms with Crippen LogP contribution in [0.5, 0.6) is 5.75 Å². The lowest BCUT2D eigenvalue weighted by Gasteiger charge is -2.33. The van der Waals surface area contributed by atoms with Crippen LogP contribution in [0.25, 0.3) is 11.1 Å². The van der Waals surface area contributed by atoms with Crippen molar-refractivity contribution in [1.29, 1.82) is 0 Å². The first-order valence-electron chi connectivity index (χ1n) is 9.22. The zero-order chi connectivity index (χ0) is 24.5. The number of nitrogens with zero attached hydrogens (tertiary/aromatic N) is 1. The van der Waals surface area contributed by atoms with Gasteiger partial charge in [0.1, 0.15) is 5.75 Å². The van der Waals surface area contributed by atoms with Gasteiger partial charge in [-0.25, -0.2) is 5.06 Å². The molecule has 1 amide bonds. The van der Waals surface area contributed by atoms with Gasteiger partial charge >= 0.3 is 12.4 Å². The SMILES string of the molecule is CCc1cc(C(=O)N(C)OC)ccc1-c1ccc(C(O)(C(F)(F)F)C(F)(F)F)cc1OC. The van der Waals surface area contributed by atoms with Crippen molar-refractivity contribution in [2.75, 3.05) is 21.3 Å². The largest absolute Gasteiger partial charge is 0.496 e. The number of halogens is 6. The smallest absolute Gasteiger partial charge is 0.430 e. The molecule has 11 heteroatoms. The van der Waals surface area contributed by atoms with Crippen molar-refractivity contribution < 1.29 is 45.8 Å². The highest BCUT2D eigenvalue weighted by Crippen LogP contribution is 2.51. The van der Waals surface area contributed by atoms with Crippen molar-refractivity contribution in [3.63, 3.8) is 0 Å². The number of aliphatic hydroxyl groups is 1. The Bertz CT molecular complexity index is 973. The Kier molecular flexibility index (Phi) is 7.15. The molecule has 2 rings (SSSR count). The molecule has 0 saturated heterocycles. The van der Waals surface area contributed by atoms with Crippen molar-refractivity contribution in [3.05, 3.63) is 53.1 Å². The van der Waals surface area contributed by atoms with E-state index in [1.165, 1.54) is 26.3 Å². The number of carbonyl (C=O) groups excluding carboxylic acids is 1. The number of alkyl halides is 6. The summed E-state index contributed by atoms with van der Waals surface area (Å²) in [5.41, 5.74) is -5.00. The first-order valence-corrected chi connectivity index (χ1v) is 9.22. The number of amides is 1. The quantitative estimate of drug-likeness (QED) is 0.489. The van der Waals surface area contributed by atoms with Crippen LogP contribution in [0.2, 0.25) is 0 Å². The number of ether oxygens (including phenoxy) is 1. The van der Waals surface area contributed by atoms with Crippen molar-refractivity contribution in [2.24, 2.45) is 0 Å². The number of hydroxylamine groups is 2. The van der Waals surface area contributed by atoms with Gasteiger partial charge in [0.05, 0.1) is 14.2 Å². The van der Waals surface area contributed by atoms with Crippen LogP contribution in [-0.2, 0) is 16.9 Å². The Morgan fingerprint density at radius 3 is 2.00 bits per heavy atom. The van der Waals surface area contributed by atoms with Crippen LogP contribution in [0.1, 0.15) is 28.4 Å². The first kappa shape index (κ1) is 25.5. The molecular formula is C21H21F6NO4. The lowest BCUT2D eigenvalue weighted by Crippen LogP contribution is -2.53. The maximum Gasteiger partial charge on any atom is 0.430 e. The minimum atomic E-state index is -6.01. The van der Waals surface area contributed by atoms with Gasteiger partial charge in [-0.05, 0) is 35.7 Å². The Labute approximate surface area is 180 Å². The highest BCUT2D eigenvalue weighted by Gasteiger charge is 2.71. The second-order valence-corrected chi connectivity index (χ2v) is 6.83. The van der Waals surface area contributed by atoms with E-state index >= 15 is 0 Å².